The van der Waals surface area contributed by atoms with Gasteiger partial charge in [0.25, 0.3) is 0 Å². The van der Waals surface area contributed by atoms with Gasteiger partial charge in [0.2, 0.25) is 0 Å². The van der Waals surface area contributed by atoms with Crippen LogP contribution < -0.4 is 0 Å². The molecule has 0 atom stereocenters. The van der Waals surface area contributed by atoms with Crippen LogP contribution in [0, 0.1) is 0 Å². The van der Waals surface area contributed by atoms with Crippen LogP contribution in [-0.4, -0.2) is 9.38 Å². The molecule has 0 aromatic carbocycles. The third-order valence-electron chi connectivity index (χ3n) is 1.48. The second-order valence-electron chi connectivity index (χ2n) is 2.15. The van der Waals surface area contributed by atoms with Crippen molar-refractivity contribution in [2.75, 3.05) is 0 Å². The first-order valence-corrected chi connectivity index (χ1v) is 4.64. The van der Waals surface area contributed by atoms with E-state index in [0.29, 0.717) is 0 Å². The minimum absolute atomic E-state index is 1.03. The fourth-order valence-corrected chi connectivity index (χ4v) is 2.33. The van der Waals surface area contributed by atoms with E-state index in [9.17, 15) is 0 Å². The molecule has 56 valence electrons. The van der Waals surface area contributed by atoms with Gasteiger partial charge in [0.1, 0.15) is 0 Å². The largest absolute Gasteiger partial charge is 0.307 e. The molecule has 0 saturated heterocycles. The van der Waals surface area contributed by atoms with Crippen molar-refractivity contribution in [3.05, 3.63) is 33.7 Å². The highest BCUT2D eigenvalue weighted by atomic mass is 79.9. The minimum Gasteiger partial charge on any atom is -0.307 e. The maximum Gasteiger partial charge on any atom is 0.0905 e. The van der Waals surface area contributed by atoms with Gasteiger partial charge in [0.05, 0.1) is 16.3 Å². The first kappa shape index (κ1) is 7.31. The van der Waals surface area contributed by atoms with Gasteiger partial charge in [-0.3, -0.25) is 4.98 Å². The molecule has 0 aliphatic carbocycles. The normalized spacial score (nSPS) is 10.7. The lowest BCUT2D eigenvalue weighted by Gasteiger charge is -1.92. The zero-order chi connectivity index (χ0) is 7.84. The van der Waals surface area contributed by atoms with Crippen molar-refractivity contribution in [3.8, 4) is 0 Å². The molecule has 0 amide bonds. The lowest BCUT2D eigenvalue weighted by Crippen LogP contribution is -1.82. The van der Waals surface area contributed by atoms with Crippen LogP contribution in [-0.2, 0) is 0 Å². The summed E-state index contributed by atoms with van der Waals surface area (Å²) < 4.78 is 4.09. The molecule has 0 radical (unpaired) electrons. The molecule has 2 nitrogen and oxygen atoms in total. The first-order valence-electron chi connectivity index (χ1n) is 3.05. The van der Waals surface area contributed by atoms with Crippen molar-refractivity contribution < 1.29 is 0 Å². The smallest absolute Gasteiger partial charge is 0.0905 e. The Labute approximate surface area is 80.5 Å². The monoisotopic (exact) mass is 274 g/mol. The van der Waals surface area contributed by atoms with Crippen LogP contribution in [0.25, 0.3) is 5.52 Å². The van der Waals surface area contributed by atoms with Crippen molar-refractivity contribution >= 4 is 37.4 Å². The Bertz CT molecular complexity index is 358. The second-order valence-corrected chi connectivity index (χ2v) is 3.81. The zero-order valence-electron chi connectivity index (χ0n) is 5.46. The summed E-state index contributed by atoms with van der Waals surface area (Å²) in [6, 6.07) is 2.00. The van der Waals surface area contributed by atoms with Crippen molar-refractivity contribution in [1.29, 1.82) is 0 Å². The number of hydrogen-bond donors (Lipinski definition) is 0. The quantitative estimate of drug-likeness (QED) is 0.723. The average Bonchev–Trinajstić information content (AvgIpc) is 2.30. The SMILES string of the molecule is Brc1cc(Br)n2ccncc12. The number of fused-ring (bicyclic) bond motifs is 1. The van der Waals surface area contributed by atoms with E-state index in [1.54, 1.807) is 6.20 Å². The number of rotatable bonds is 0. The molecule has 0 fully saturated rings. The fraction of sp³-hybridized carbons (Fsp3) is 0. The molecule has 0 saturated carbocycles. The fourth-order valence-electron chi connectivity index (χ4n) is 0.972. The number of halogens is 2. The van der Waals surface area contributed by atoms with E-state index in [-0.39, 0.29) is 0 Å². The van der Waals surface area contributed by atoms with E-state index in [0.717, 1.165) is 14.6 Å². The molecule has 11 heavy (non-hydrogen) atoms. The number of hydrogen-bond acceptors (Lipinski definition) is 1. The predicted molar refractivity (Wildman–Crippen MR) is 50.6 cm³/mol. The van der Waals surface area contributed by atoms with Gasteiger partial charge < -0.3 is 4.40 Å². The summed E-state index contributed by atoms with van der Waals surface area (Å²) in [5.74, 6) is 0. The van der Waals surface area contributed by atoms with Crippen LogP contribution in [0.2, 0.25) is 0 Å². The van der Waals surface area contributed by atoms with Crippen LogP contribution in [0.15, 0.2) is 33.7 Å². The van der Waals surface area contributed by atoms with Gasteiger partial charge >= 0.3 is 0 Å². The van der Waals surface area contributed by atoms with Gasteiger partial charge in [-0.25, -0.2) is 0 Å². The van der Waals surface area contributed by atoms with Gasteiger partial charge in [-0.1, -0.05) is 0 Å². The Balaban J connectivity index is 2.95. The maximum absolute atomic E-state index is 4.02. The molecule has 4 heteroatoms. The number of nitrogens with zero attached hydrogens (tertiary/aromatic N) is 2. The zero-order valence-corrected chi connectivity index (χ0v) is 8.63. The molecule has 2 heterocycles. The molecule has 0 N–H and O–H groups in total. The molecule has 0 spiro atoms. The second kappa shape index (κ2) is 2.60. The Morgan fingerprint density at radius 3 is 2.91 bits per heavy atom. The summed E-state index contributed by atoms with van der Waals surface area (Å²) in [5.41, 5.74) is 1.07. The Kier molecular flexibility index (Phi) is 1.73. The van der Waals surface area contributed by atoms with E-state index in [2.05, 4.69) is 36.8 Å². The Morgan fingerprint density at radius 2 is 2.18 bits per heavy atom. The third-order valence-corrected chi connectivity index (χ3v) is 2.72. The van der Waals surface area contributed by atoms with Gasteiger partial charge in [-0.15, -0.1) is 0 Å². The molecule has 0 bridgehead atoms. The molecule has 2 rings (SSSR count). The minimum atomic E-state index is 1.03. The topological polar surface area (TPSA) is 17.3 Å². The predicted octanol–water partition coefficient (Wildman–Crippen LogP) is 2.86. The molecule has 2 aromatic heterocycles. The summed E-state index contributed by atoms with van der Waals surface area (Å²) in [6.45, 7) is 0. The highest BCUT2D eigenvalue weighted by Gasteiger charge is 2.02. The van der Waals surface area contributed by atoms with Crippen LogP contribution in [0.5, 0.6) is 0 Å². The van der Waals surface area contributed by atoms with Gasteiger partial charge in [0, 0.05) is 16.9 Å². The van der Waals surface area contributed by atoms with Gasteiger partial charge in [-0.05, 0) is 37.9 Å². The molecule has 0 aliphatic heterocycles. The summed E-state index contributed by atoms with van der Waals surface area (Å²) in [7, 11) is 0. The third kappa shape index (κ3) is 1.10. The van der Waals surface area contributed by atoms with Crippen molar-refractivity contribution in [1.82, 2.24) is 9.38 Å². The van der Waals surface area contributed by atoms with E-state index < -0.39 is 0 Å². The molecular formula is C7H4Br2N2. The highest BCUT2D eigenvalue weighted by molar-refractivity contribution is 9.11. The van der Waals surface area contributed by atoms with Crippen LogP contribution >= 0.6 is 31.9 Å². The standard InChI is InChI=1S/C7H4Br2N2/c8-5-3-7(9)11-2-1-10-4-6(5)11/h1-4H. The molecular weight excluding hydrogens is 272 g/mol. The average molecular weight is 276 g/mol. The summed E-state index contributed by atoms with van der Waals surface area (Å²) in [6.07, 6.45) is 5.48. The molecule has 0 aliphatic rings. The van der Waals surface area contributed by atoms with Crippen LogP contribution in [0.3, 0.4) is 0 Å². The Morgan fingerprint density at radius 1 is 1.36 bits per heavy atom. The van der Waals surface area contributed by atoms with E-state index >= 15 is 0 Å². The van der Waals surface area contributed by atoms with Crippen molar-refractivity contribution in [2.45, 2.75) is 0 Å². The Hall–Kier alpha value is -0.350. The van der Waals surface area contributed by atoms with Gasteiger partial charge in [-0.2, -0.15) is 0 Å². The summed E-state index contributed by atoms with van der Waals surface area (Å²) in [5, 5.41) is 0. The van der Waals surface area contributed by atoms with E-state index in [4.69, 9.17) is 0 Å². The van der Waals surface area contributed by atoms with E-state index in [1.165, 1.54) is 0 Å². The van der Waals surface area contributed by atoms with Crippen LogP contribution in [0.4, 0.5) is 0 Å². The lowest BCUT2D eigenvalue weighted by atomic mass is 10.5. The van der Waals surface area contributed by atoms with Crippen molar-refractivity contribution in [2.24, 2.45) is 0 Å². The van der Waals surface area contributed by atoms with Gasteiger partial charge in [0.15, 0.2) is 0 Å². The van der Waals surface area contributed by atoms with Crippen LogP contribution in [0.1, 0.15) is 0 Å². The van der Waals surface area contributed by atoms with E-state index in [1.807, 2.05) is 22.9 Å². The summed E-state index contributed by atoms with van der Waals surface area (Å²) >= 11 is 6.85. The number of aromatic nitrogens is 2. The highest BCUT2D eigenvalue weighted by Crippen LogP contribution is 2.24. The maximum atomic E-state index is 4.02. The molecule has 0 unspecified atom stereocenters. The lowest BCUT2D eigenvalue weighted by molar-refractivity contribution is 1.11. The first-order chi connectivity index (χ1) is 5.29. The summed E-state index contributed by atoms with van der Waals surface area (Å²) in [4.78, 5) is 4.02. The van der Waals surface area contributed by atoms with Crippen molar-refractivity contribution in [3.63, 3.8) is 0 Å². The molecule has 2 aromatic rings.